The molecule has 1 aliphatic rings. The van der Waals surface area contributed by atoms with E-state index >= 15 is 0 Å². The van der Waals surface area contributed by atoms with Crippen LogP contribution in [0, 0.1) is 5.41 Å². The molecule has 0 aromatic carbocycles. The van der Waals surface area contributed by atoms with Crippen molar-refractivity contribution in [2.45, 2.75) is 52.1 Å². The Kier molecular flexibility index (Phi) is 5.17. The zero-order chi connectivity index (χ0) is 15.5. The van der Waals surface area contributed by atoms with Crippen molar-refractivity contribution in [1.82, 2.24) is 10.2 Å². The van der Waals surface area contributed by atoms with Gasteiger partial charge in [0.2, 0.25) is 0 Å². The second-order valence-electron chi connectivity index (χ2n) is 6.45. The Morgan fingerprint density at radius 3 is 2.62 bits per heavy atom. The van der Waals surface area contributed by atoms with Crippen molar-refractivity contribution in [2.24, 2.45) is 5.41 Å². The lowest BCUT2D eigenvalue weighted by Gasteiger charge is -2.45. The van der Waals surface area contributed by atoms with Crippen molar-refractivity contribution in [3.05, 3.63) is 17.8 Å². The summed E-state index contributed by atoms with van der Waals surface area (Å²) in [6, 6.07) is 3.97. The zero-order valence-electron chi connectivity index (χ0n) is 13.3. The van der Waals surface area contributed by atoms with Crippen LogP contribution in [0.2, 0.25) is 0 Å². The van der Waals surface area contributed by atoms with Gasteiger partial charge < -0.3 is 15.1 Å². The third kappa shape index (κ3) is 3.35. The molecule has 0 aliphatic carbocycles. The van der Waals surface area contributed by atoms with E-state index < -0.39 is 6.10 Å². The third-order valence-electron chi connectivity index (χ3n) is 4.63. The first-order valence-corrected chi connectivity index (χ1v) is 7.90. The van der Waals surface area contributed by atoms with Crippen LogP contribution < -0.4 is 4.90 Å². The summed E-state index contributed by atoms with van der Waals surface area (Å²) < 4.78 is 0. The molecule has 2 N–H and O–H groups in total. The molecule has 0 unspecified atom stereocenters. The Labute approximate surface area is 127 Å². The SMILES string of the molecule is CCC[C@]1(CO)CCN(c2ccc(C(C)C)nn2)C[C@H]1O. The van der Waals surface area contributed by atoms with E-state index in [0.717, 1.165) is 37.3 Å². The van der Waals surface area contributed by atoms with Crippen LogP contribution in [0.1, 0.15) is 51.6 Å². The summed E-state index contributed by atoms with van der Waals surface area (Å²) in [6.07, 6.45) is 2.09. The van der Waals surface area contributed by atoms with Crippen LogP contribution in [0.3, 0.4) is 0 Å². The molecule has 0 saturated carbocycles. The highest BCUT2D eigenvalue weighted by molar-refractivity contribution is 5.39. The molecule has 1 aromatic heterocycles. The first-order valence-electron chi connectivity index (χ1n) is 7.90. The molecule has 5 nitrogen and oxygen atoms in total. The molecular weight excluding hydrogens is 266 g/mol. The van der Waals surface area contributed by atoms with Crippen LogP contribution in [0.15, 0.2) is 12.1 Å². The summed E-state index contributed by atoms with van der Waals surface area (Å²) in [5.41, 5.74) is 0.628. The molecule has 0 amide bonds. The van der Waals surface area contributed by atoms with Crippen molar-refractivity contribution in [3.8, 4) is 0 Å². The largest absolute Gasteiger partial charge is 0.396 e. The van der Waals surface area contributed by atoms with E-state index in [9.17, 15) is 10.2 Å². The van der Waals surface area contributed by atoms with Crippen LogP contribution in [0.25, 0.3) is 0 Å². The summed E-state index contributed by atoms with van der Waals surface area (Å²) in [7, 11) is 0. The van der Waals surface area contributed by atoms with Crippen LogP contribution in [0.5, 0.6) is 0 Å². The van der Waals surface area contributed by atoms with E-state index in [0.29, 0.717) is 12.5 Å². The fourth-order valence-corrected chi connectivity index (χ4v) is 3.09. The zero-order valence-corrected chi connectivity index (χ0v) is 13.3. The average Bonchev–Trinajstić information content (AvgIpc) is 2.49. The molecule has 1 aromatic rings. The van der Waals surface area contributed by atoms with Gasteiger partial charge in [0.25, 0.3) is 0 Å². The maximum atomic E-state index is 10.5. The van der Waals surface area contributed by atoms with Gasteiger partial charge in [-0.05, 0) is 30.9 Å². The summed E-state index contributed by atoms with van der Waals surface area (Å²) in [6.45, 7) is 7.63. The Balaban J connectivity index is 2.08. The Hall–Kier alpha value is -1.20. The number of hydrogen-bond donors (Lipinski definition) is 2. The van der Waals surface area contributed by atoms with Gasteiger partial charge in [-0.15, -0.1) is 5.10 Å². The van der Waals surface area contributed by atoms with Gasteiger partial charge in [0.1, 0.15) is 0 Å². The van der Waals surface area contributed by atoms with Gasteiger partial charge in [-0.3, -0.25) is 0 Å². The highest BCUT2D eigenvalue weighted by atomic mass is 16.3. The van der Waals surface area contributed by atoms with Crippen LogP contribution in [-0.4, -0.2) is 46.2 Å². The lowest BCUT2D eigenvalue weighted by atomic mass is 9.73. The number of aliphatic hydroxyl groups is 2. The minimum atomic E-state index is -0.525. The Morgan fingerprint density at radius 2 is 2.14 bits per heavy atom. The van der Waals surface area contributed by atoms with Gasteiger partial charge in [0, 0.05) is 18.5 Å². The van der Waals surface area contributed by atoms with Gasteiger partial charge in [-0.2, -0.15) is 5.10 Å². The van der Waals surface area contributed by atoms with E-state index in [1.165, 1.54) is 0 Å². The highest BCUT2D eigenvalue weighted by Crippen LogP contribution is 2.37. The second-order valence-corrected chi connectivity index (χ2v) is 6.45. The van der Waals surface area contributed by atoms with Crippen LogP contribution in [-0.2, 0) is 0 Å². The van der Waals surface area contributed by atoms with E-state index in [1.807, 2.05) is 12.1 Å². The van der Waals surface area contributed by atoms with Gasteiger partial charge in [0.15, 0.2) is 5.82 Å². The topological polar surface area (TPSA) is 69.5 Å². The molecule has 2 rings (SSSR count). The van der Waals surface area contributed by atoms with Crippen molar-refractivity contribution >= 4 is 5.82 Å². The summed E-state index contributed by atoms with van der Waals surface area (Å²) >= 11 is 0. The van der Waals surface area contributed by atoms with E-state index in [2.05, 4.69) is 35.9 Å². The maximum absolute atomic E-state index is 10.5. The monoisotopic (exact) mass is 293 g/mol. The lowest BCUT2D eigenvalue weighted by molar-refractivity contribution is -0.0372. The van der Waals surface area contributed by atoms with Crippen molar-refractivity contribution in [2.75, 3.05) is 24.6 Å². The van der Waals surface area contributed by atoms with Crippen LogP contribution in [0.4, 0.5) is 5.82 Å². The minimum absolute atomic E-state index is 0.0494. The van der Waals surface area contributed by atoms with Gasteiger partial charge in [0.05, 0.1) is 18.4 Å². The molecule has 0 radical (unpaired) electrons. The van der Waals surface area contributed by atoms with Crippen LogP contribution >= 0.6 is 0 Å². The second kappa shape index (κ2) is 6.71. The predicted molar refractivity (Wildman–Crippen MR) is 83.4 cm³/mol. The van der Waals surface area contributed by atoms with E-state index in [-0.39, 0.29) is 12.0 Å². The molecule has 5 heteroatoms. The molecular formula is C16H27N3O2. The third-order valence-corrected chi connectivity index (χ3v) is 4.63. The molecule has 1 fully saturated rings. The maximum Gasteiger partial charge on any atom is 0.151 e. The predicted octanol–water partition coefficient (Wildman–Crippen LogP) is 1.95. The molecule has 0 spiro atoms. The van der Waals surface area contributed by atoms with Gasteiger partial charge >= 0.3 is 0 Å². The first kappa shape index (κ1) is 16.2. The average molecular weight is 293 g/mol. The number of rotatable bonds is 5. The fraction of sp³-hybridized carbons (Fsp3) is 0.750. The molecule has 1 saturated heterocycles. The Morgan fingerprint density at radius 1 is 1.38 bits per heavy atom. The number of nitrogens with zero attached hydrogens (tertiary/aromatic N) is 3. The molecule has 118 valence electrons. The van der Waals surface area contributed by atoms with E-state index in [4.69, 9.17) is 0 Å². The van der Waals surface area contributed by atoms with Gasteiger partial charge in [-0.1, -0.05) is 27.2 Å². The minimum Gasteiger partial charge on any atom is -0.396 e. The normalized spacial score (nSPS) is 26.4. The molecule has 2 atom stereocenters. The lowest BCUT2D eigenvalue weighted by Crippen LogP contribution is -2.53. The number of aromatic nitrogens is 2. The molecule has 1 aliphatic heterocycles. The molecule has 21 heavy (non-hydrogen) atoms. The highest BCUT2D eigenvalue weighted by Gasteiger charge is 2.41. The summed E-state index contributed by atoms with van der Waals surface area (Å²) in [5, 5.41) is 28.7. The summed E-state index contributed by atoms with van der Waals surface area (Å²) in [4.78, 5) is 2.06. The number of aliphatic hydroxyl groups excluding tert-OH is 2. The van der Waals surface area contributed by atoms with Crippen molar-refractivity contribution < 1.29 is 10.2 Å². The fourth-order valence-electron chi connectivity index (χ4n) is 3.09. The van der Waals surface area contributed by atoms with Crippen molar-refractivity contribution in [1.29, 1.82) is 0 Å². The van der Waals surface area contributed by atoms with Crippen molar-refractivity contribution in [3.63, 3.8) is 0 Å². The van der Waals surface area contributed by atoms with E-state index in [1.54, 1.807) is 0 Å². The smallest absolute Gasteiger partial charge is 0.151 e. The Bertz CT molecular complexity index is 449. The molecule has 0 bridgehead atoms. The standard InChI is InChI=1S/C16H27N3O2/c1-4-7-16(11-20)8-9-19(10-14(16)21)15-6-5-13(12(2)3)17-18-15/h5-6,12,14,20-21H,4,7-11H2,1-3H3/t14-,16-/m1/s1. The summed E-state index contributed by atoms with van der Waals surface area (Å²) in [5.74, 6) is 1.17. The number of piperidine rings is 1. The number of hydrogen-bond acceptors (Lipinski definition) is 5. The first-order chi connectivity index (χ1) is 10.0. The quantitative estimate of drug-likeness (QED) is 0.868. The molecule has 2 heterocycles. The number of anilines is 1. The number of β-amino-alcohol motifs (C(OH)–C–C–N with tert-alkyl or cyclic N) is 1. The van der Waals surface area contributed by atoms with Gasteiger partial charge in [-0.25, -0.2) is 0 Å².